The highest BCUT2D eigenvalue weighted by Crippen LogP contribution is 2.13. The van der Waals surface area contributed by atoms with Gasteiger partial charge in [0, 0.05) is 29.6 Å². The predicted molar refractivity (Wildman–Crippen MR) is 96.4 cm³/mol. The molecule has 0 radical (unpaired) electrons. The molecule has 0 aliphatic rings. The van der Waals surface area contributed by atoms with E-state index in [-0.39, 0.29) is 12.3 Å². The van der Waals surface area contributed by atoms with Gasteiger partial charge in [-0.1, -0.05) is 29.8 Å². The zero-order valence-corrected chi connectivity index (χ0v) is 14.3. The summed E-state index contributed by atoms with van der Waals surface area (Å²) in [5.74, 6) is -1.33. The number of nitrogens with one attached hydrogen (secondary N) is 2. The number of hydrogen-bond acceptors (Lipinski definition) is 3. The molecule has 0 aromatic heterocycles. The van der Waals surface area contributed by atoms with Gasteiger partial charge in [-0.15, -0.1) is 0 Å². The van der Waals surface area contributed by atoms with E-state index in [2.05, 4.69) is 10.6 Å². The third kappa shape index (κ3) is 5.61. The van der Waals surface area contributed by atoms with Crippen LogP contribution in [0.4, 0.5) is 5.69 Å². The third-order valence-corrected chi connectivity index (χ3v) is 3.70. The van der Waals surface area contributed by atoms with Gasteiger partial charge in [0.1, 0.15) is 6.04 Å². The first-order chi connectivity index (χ1) is 11.8. The molecule has 0 saturated heterocycles. The van der Waals surface area contributed by atoms with Crippen LogP contribution in [-0.4, -0.2) is 23.8 Å². The topological polar surface area (TPSA) is 101 Å². The summed E-state index contributed by atoms with van der Waals surface area (Å²) < 4.78 is 0. The van der Waals surface area contributed by atoms with E-state index in [1.54, 1.807) is 42.5 Å². The molecule has 0 bridgehead atoms. The Balaban J connectivity index is 2.11. The van der Waals surface area contributed by atoms with Crippen molar-refractivity contribution in [1.82, 2.24) is 5.32 Å². The normalized spacial score (nSPS) is 11.4. The highest BCUT2D eigenvalue weighted by Gasteiger charge is 2.19. The summed E-state index contributed by atoms with van der Waals surface area (Å²) >= 11 is 5.83. The second kappa shape index (κ2) is 8.30. The predicted octanol–water partition coefficient (Wildman–Crippen LogP) is 2.12. The van der Waals surface area contributed by atoms with Crippen molar-refractivity contribution in [2.45, 2.75) is 19.4 Å². The molecule has 25 heavy (non-hydrogen) atoms. The molecule has 0 fully saturated rings. The van der Waals surface area contributed by atoms with E-state index < -0.39 is 17.9 Å². The van der Waals surface area contributed by atoms with Gasteiger partial charge < -0.3 is 16.4 Å². The molecule has 0 spiro atoms. The molecule has 1 atom stereocenters. The van der Waals surface area contributed by atoms with E-state index in [1.807, 2.05) is 0 Å². The molecule has 4 N–H and O–H groups in total. The van der Waals surface area contributed by atoms with E-state index >= 15 is 0 Å². The Morgan fingerprint density at radius 2 is 1.80 bits per heavy atom. The van der Waals surface area contributed by atoms with Crippen LogP contribution >= 0.6 is 11.6 Å². The van der Waals surface area contributed by atoms with Crippen LogP contribution in [0.5, 0.6) is 0 Å². The molecule has 3 amide bonds. The summed E-state index contributed by atoms with van der Waals surface area (Å²) in [6.45, 7) is 1.38. The smallest absolute Gasteiger partial charge is 0.252 e. The lowest BCUT2D eigenvalue weighted by molar-refractivity contribution is -0.119. The average Bonchev–Trinajstić information content (AvgIpc) is 2.55. The number of rotatable bonds is 6. The van der Waals surface area contributed by atoms with Gasteiger partial charge in [0.2, 0.25) is 11.8 Å². The van der Waals surface area contributed by atoms with Crippen LogP contribution in [0.1, 0.15) is 22.8 Å². The zero-order valence-electron chi connectivity index (χ0n) is 13.6. The Morgan fingerprint density at radius 3 is 2.40 bits per heavy atom. The molecule has 2 aromatic carbocycles. The molecule has 7 heteroatoms. The van der Waals surface area contributed by atoms with Crippen LogP contribution in [-0.2, 0) is 16.0 Å². The third-order valence-electron chi connectivity index (χ3n) is 3.45. The number of amides is 3. The number of carbonyl (C=O) groups excluding carboxylic acids is 3. The van der Waals surface area contributed by atoms with E-state index in [1.165, 1.54) is 13.0 Å². The maximum atomic E-state index is 12.4. The lowest BCUT2D eigenvalue weighted by Crippen LogP contribution is -2.45. The molecule has 0 heterocycles. The first kappa shape index (κ1) is 18.5. The summed E-state index contributed by atoms with van der Waals surface area (Å²) in [4.78, 5) is 35.2. The van der Waals surface area contributed by atoms with Gasteiger partial charge >= 0.3 is 0 Å². The number of nitrogens with two attached hydrogens (primary N) is 1. The Kier molecular flexibility index (Phi) is 6.14. The second-order valence-corrected chi connectivity index (χ2v) is 5.96. The average molecular weight is 360 g/mol. The van der Waals surface area contributed by atoms with Gasteiger partial charge in [0.15, 0.2) is 0 Å². The maximum absolute atomic E-state index is 12.4. The van der Waals surface area contributed by atoms with Crippen molar-refractivity contribution >= 4 is 35.0 Å². The Hall–Kier alpha value is -2.86. The Labute approximate surface area is 150 Å². The van der Waals surface area contributed by atoms with Crippen molar-refractivity contribution in [2.75, 3.05) is 5.32 Å². The van der Waals surface area contributed by atoms with Gasteiger partial charge in [-0.3, -0.25) is 14.4 Å². The fourth-order valence-electron chi connectivity index (χ4n) is 2.26. The standard InChI is InChI=1S/C18H18ClN3O3/c1-11(23)21-15-4-2-3-13(10-15)18(25)22-16(17(20)24)9-12-5-7-14(19)8-6-12/h2-8,10,16H,9H2,1H3,(H2,20,24)(H,21,23)(H,22,25)/t16-/m1/s1. The van der Waals surface area contributed by atoms with Crippen LogP contribution in [0.15, 0.2) is 48.5 Å². The van der Waals surface area contributed by atoms with Crippen molar-refractivity contribution in [3.8, 4) is 0 Å². The fraction of sp³-hybridized carbons (Fsp3) is 0.167. The van der Waals surface area contributed by atoms with Crippen molar-refractivity contribution in [2.24, 2.45) is 5.73 Å². The molecule has 2 rings (SSSR count). The van der Waals surface area contributed by atoms with Crippen LogP contribution in [0, 0.1) is 0 Å². The number of hydrogen-bond donors (Lipinski definition) is 3. The lowest BCUT2D eigenvalue weighted by atomic mass is 10.0. The van der Waals surface area contributed by atoms with Gasteiger partial charge in [0.25, 0.3) is 5.91 Å². The SMILES string of the molecule is CC(=O)Nc1cccc(C(=O)N[C@H](Cc2ccc(Cl)cc2)C(N)=O)c1. The van der Waals surface area contributed by atoms with Crippen LogP contribution in [0.25, 0.3) is 0 Å². The zero-order chi connectivity index (χ0) is 18.4. The molecule has 0 saturated carbocycles. The van der Waals surface area contributed by atoms with Gasteiger partial charge in [-0.25, -0.2) is 0 Å². The lowest BCUT2D eigenvalue weighted by Gasteiger charge is -2.16. The second-order valence-electron chi connectivity index (χ2n) is 5.52. The minimum absolute atomic E-state index is 0.240. The first-order valence-electron chi connectivity index (χ1n) is 7.57. The van der Waals surface area contributed by atoms with Gasteiger partial charge in [-0.05, 0) is 35.9 Å². The molecule has 0 aliphatic heterocycles. The van der Waals surface area contributed by atoms with Crippen LogP contribution in [0.2, 0.25) is 5.02 Å². The van der Waals surface area contributed by atoms with E-state index in [9.17, 15) is 14.4 Å². The highest BCUT2D eigenvalue weighted by atomic mass is 35.5. The van der Waals surface area contributed by atoms with E-state index in [0.29, 0.717) is 16.3 Å². The fourth-order valence-corrected chi connectivity index (χ4v) is 2.39. The van der Waals surface area contributed by atoms with Crippen molar-refractivity contribution in [1.29, 1.82) is 0 Å². The first-order valence-corrected chi connectivity index (χ1v) is 7.95. The number of halogens is 1. The van der Waals surface area contributed by atoms with Gasteiger partial charge in [0.05, 0.1) is 0 Å². The highest BCUT2D eigenvalue weighted by molar-refractivity contribution is 6.30. The molecule has 2 aromatic rings. The summed E-state index contributed by atoms with van der Waals surface area (Å²) in [6.07, 6.45) is 0.254. The van der Waals surface area contributed by atoms with Gasteiger partial charge in [-0.2, -0.15) is 0 Å². The number of anilines is 1. The largest absolute Gasteiger partial charge is 0.368 e. The van der Waals surface area contributed by atoms with Crippen LogP contribution < -0.4 is 16.4 Å². The molecule has 6 nitrogen and oxygen atoms in total. The summed E-state index contributed by atoms with van der Waals surface area (Å²) in [5, 5.41) is 5.80. The van der Waals surface area contributed by atoms with Crippen LogP contribution in [0.3, 0.4) is 0 Å². The quantitative estimate of drug-likeness (QED) is 0.736. The van der Waals surface area contributed by atoms with E-state index in [0.717, 1.165) is 5.56 Å². The molecule has 130 valence electrons. The number of carbonyl (C=O) groups is 3. The molecular weight excluding hydrogens is 342 g/mol. The molecule has 0 unspecified atom stereocenters. The number of benzene rings is 2. The van der Waals surface area contributed by atoms with E-state index in [4.69, 9.17) is 17.3 Å². The van der Waals surface area contributed by atoms with Crippen molar-refractivity contribution < 1.29 is 14.4 Å². The monoisotopic (exact) mass is 359 g/mol. The molecular formula is C18H18ClN3O3. The minimum atomic E-state index is -0.863. The maximum Gasteiger partial charge on any atom is 0.252 e. The van der Waals surface area contributed by atoms with Crippen molar-refractivity contribution in [3.05, 3.63) is 64.7 Å². The Morgan fingerprint density at radius 1 is 1.12 bits per heavy atom. The minimum Gasteiger partial charge on any atom is -0.368 e. The summed E-state index contributed by atoms with van der Waals surface area (Å²) in [7, 11) is 0. The Bertz CT molecular complexity index is 790. The summed E-state index contributed by atoms with van der Waals surface area (Å²) in [6, 6.07) is 12.5. The molecule has 0 aliphatic carbocycles. The van der Waals surface area contributed by atoms with Crippen molar-refractivity contribution in [3.63, 3.8) is 0 Å². The summed E-state index contributed by atoms with van der Waals surface area (Å²) in [5.41, 5.74) is 7.03. The number of primary amides is 1.